The maximum absolute atomic E-state index is 3.47. The molecule has 0 unspecified atom stereocenters. The summed E-state index contributed by atoms with van der Waals surface area (Å²) < 4.78 is 0. The molecule has 2 nitrogen and oxygen atoms in total. The van der Waals surface area contributed by atoms with Crippen molar-refractivity contribution in [2.45, 2.75) is 71.6 Å². The first-order valence-electron chi connectivity index (χ1n) is 8.63. The van der Waals surface area contributed by atoms with Crippen molar-refractivity contribution < 1.29 is 0 Å². The maximum atomic E-state index is 3.47. The van der Waals surface area contributed by atoms with Crippen LogP contribution in [0.25, 0.3) is 0 Å². The van der Waals surface area contributed by atoms with Crippen molar-refractivity contribution in [1.29, 1.82) is 0 Å². The zero-order valence-electron chi connectivity index (χ0n) is 13.6. The fraction of sp³-hybridized carbons (Fsp3) is 1.00. The highest BCUT2D eigenvalue weighted by atomic mass is 15.1. The summed E-state index contributed by atoms with van der Waals surface area (Å²) in [5.41, 5.74) is 0.564. The van der Waals surface area contributed by atoms with Gasteiger partial charge in [-0.05, 0) is 51.2 Å². The van der Waals surface area contributed by atoms with Gasteiger partial charge in [-0.2, -0.15) is 0 Å². The molecule has 0 radical (unpaired) electrons. The van der Waals surface area contributed by atoms with Crippen LogP contribution in [0.3, 0.4) is 0 Å². The van der Waals surface area contributed by atoms with Crippen LogP contribution in [0.15, 0.2) is 0 Å². The topological polar surface area (TPSA) is 15.3 Å². The molecule has 0 aliphatic heterocycles. The van der Waals surface area contributed by atoms with Gasteiger partial charge in [-0.15, -0.1) is 0 Å². The lowest BCUT2D eigenvalue weighted by molar-refractivity contribution is 0.102. The standard InChI is InChI=1S/C17H36N2/c1-4-6-13-19(14-7-5-2)16-17(15-18-3)11-9-8-10-12-17/h18H,4-16H2,1-3H3. The third-order valence-corrected chi connectivity index (χ3v) is 4.68. The molecule has 0 amide bonds. The summed E-state index contributed by atoms with van der Waals surface area (Å²) in [5, 5.41) is 3.47. The molecule has 19 heavy (non-hydrogen) atoms. The Morgan fingerprint density at radius 1 is 0.947 bits per heavy atom. The number of rotatable bonds is 10. The van der Waals surface area contributed by atoms with E-state index in [0.29, 0.717) is 5.41 Å². The van der Waals surface area contributed by atoms with E-state index in [-0.39, 0.29) is 0 Å². The van der Waals surface area contributed by atoms with E-state index < -0.39 is 0 Å². The van der Waals surface area contributed by atoms with Gasteiger partial charge < -0.3 is 10.2 Å². The molecule has 1 N–H and O–H groups in total. The van der Waals surface area contributed by atoms with E-state index in [1.54, 1.807) is 0 Å². The fourth-order valence-electron chi connectivity index (χ4n) is 3.58. The highest BCUT2D eigenvalue weighted by molar-refractivity contribution is 4.87. The molecule has 1 fully saturated rings. The lowest BCUT2D eigenvalue weighted by atomic mass is 9.73. The normalized spacial score (nSPS) is 18.9. The van der Waals surface area contributed by atoms with Crippen molar-refractivity contribution in [3.63, 3.8) is 0 Å². The Hall–Kier alpha value is -0.0800. The van der Waals surface area contributed by atoms with Crippen LogP contribution in [0.5, 0.6) is 0 Å². The second-order valence-corrected chi connectivity index (χ2v) is 6.57. The minimum atomic E-state index is 0.564. The van der Waals surface area contributed by atoms with Crippen molar-refractivity contribution in [3.05, 3.63) is 0 Å². The second-order valence-electron chi connectivity index (χ2n) is 6.57. The summed E-state index contributed by atoms with van der Waals surface area (Å²) in [7, 11) is 2.12. The first-order valence-corrected chi connectivity index (χ1v) is 8.63. The van der Waals surface area contributed by atoms with Gasteiger partial charge >= 0.3 is 0 Å². The number of nitrogens with one attached hydrogen (secondary N) is 1. The van der Waals surface area contributed by atoms with Gasteiger partial charge in [0, 0.05) is 13.1 Å². The monoisotopic (exact) mass is 268 g/mol. The van der Waals surface area contributed by atoms with Crippen LogP contribution in [0, 0.1) is 5.41 Å². The average molecular weight is 268 g/mol. The summed E-state index contributed by atoms with van der Waals surface area (Å²) in [6.45, 7) is 9.77. The average Bonchev–Trinajstić information content (AvgIpc) is 2.43. The zero-order valence-corrected chi connectivity index (χ0v) is 13.6. The van der Waals surface area contributed by atoms with Crippen LogP contribution in [0.4, 0.5) is 0 Å². The third-order valence-electron chi connectivity index (χ3n) is 4.68. The number of hydrogen-bond acceptors (Lipinski definition) is 2. The first-order chi connectivity index (χ1) is 9.26. The Kier molecular flexibility index (Phi) is 8.72. The number of hydrogen-bond donors (Lipinski definition) is 1. The Labute approximate surface area is 121 Å². The van der Waals surface area contributed by atoms with Crippen LogP contribution in [-0.2, 0) is 0 Å². The molecule has 0 heterocycles. The van der Waals surface area contributed by atoms with Crippen LogP contribution in [0.1, 0.15) is 71.6 Å². The molecule has 0 spiro atoms. The maximum Gasteiger partial charge on any atom is 0.00501 e. The Balaban J connectivity index is 2.54. The highest BCUT2D eigenvalue weighted by Gasteiger charge is 2.32. The minimum Gasteiger partial charge on any atom is -0.319 e. The van der Waals surface area contributed by atoms with Crippen LogP contribution < -0.4 is 5.32 Å². The molecule has 0 aromatic carbocycles. The molecule has 0 atom stereocenters. The number of nitrogens with zero attached hydrogens (tertiary/aromatic N) is 1. The van der Waals surface area contributed by atoms with Crippen molar-refractivity contribution in [2.24, 2.45) is 5.41 Å². The van der Waals surface area contributed by atoms with Crippen molar-refractivity contribution in [1.82, 2.24) is 10.2 Å². The molecule has 1 aliphatic carbocycles. The van der Waals surface area contributed by atoms with Gasteiger partial charge in [0.25, 0.3) is 0 Å². The molecule has 1 saturated carbocycles. The lowest BCUT2D eigenvalue weighted by Gasteiger charge is -2.41. The molecule has 1 rings (SSSR count). The van der Waals surface area contributed by atoms with Gasteiger partial charge in [-0.25, -0.2) is 0 Å². The van der Waals surface area contributed by atoms with E-state index in [2.05, 4.69) is 31.1 Å². The Bertz CT molecular complexity index is 196. The second kappa shape index (κ2) is 9.77. The van der Waals surface area contributed by atoms with Crippen LogP contribution in [0.2, 0.25) is 0 Å². The highest BCUT2D eigenvalue weighted by Crippen LogP contribution is 2.36. The van der Waals surface area contributed by atoms with E-state index in [9.17, 15) is 0 Å². The fourth-order valence-corrected chi connectivity index (χ4v) is 3.58. The summed E-state index contributed by atoms with van der Waals surface area (Å²) in [5.74, 6) is 0. The predicted octanol–water partition coefficient (Wildman–Crippen LogP) is 4.06. The first kappa shape index (κ1) is 17.0. The van der Waals surface area contributed by atoms with E-state index in [1.807, 2.05) is 0 Å². The van der Waals surface area contributed by atoms with E-state index >= 15 is 0 Å². The molecule has 0 aromatic heterocycles. The Morgan fingerprint density at radius 3 is 2.00 bits per heavy atom. The van der Waals surface area contributed by atoms with Gasteiger partial charge in [0.05, 0.1) is 0 Å². The SMILES string of the molecule is CCCCN(CCCC)CC1(CNC)CCCCC1. The van der Waals surface area contributed by atoms with E-state index in [1.165, 1.54) is 84.0 Å². The summed E-state index contributed by atoms with van der Waals surface area (Å²) in [6, 6.07) is 0. The molecule has 0 saturated heterocycles. The van der Waals surface area contributed by atoms with Crippen molar-refractivity contribution in [3.8, 4) is 0 Å². The van der Waals surface area contributed by atoms with Gasteiger partial charge in [0.15, 0.2) is 0 Å². The smallest absolute Gasteiger partial charge is 0.00501 e. The lowest BCUT2D eigenvalue weighted by Crippen LogP contribution is -2.45. The van der Waals surface area contributed by atoms with Crippen molar-refractivity contribution >= 4 is 0 Å². The summed E-state index contributed by atoms with van der Waals surface area (Å²) in [4.78, 5) is 2.76. The molecule has 1 aliphatic rings. The van der Waals surface area contributed by atoms with Crippen LogP contribution >= 0.6 is 0 Å². The molecule has 0 bridgehead atoms. The molecule has 114 valence electrons. The van der Waals surface area contributed by atoms with Gasteiger partial charge in [0.2, 0.25) is 0 Å². The number of unbranched alkanes of at least 4 members (excludes halogenated alkanes) is 2. The van der Waals surface area contributed by atoms with Crippen LogP contribution in [-0.4, -0.2) is 38.1 Å². The van der Waals surface area contributed by atoms with Gasteiger partial charge in [0.1, 0.15) is 0 Å². The quantitative estimate of drug-likeness (QED) is 0.643. The minimum absolute atomic E-state index is 0.564. The summed E-state index contributed by atoms with van der Waals surface area (Å²) in [6.07, 6.45) is 12.6. The zero-order chi connectivity index (χ0) is 14.0. The van der Waals surface area contributed by atoms with Gasteiger partial charge in [-0.3, -0.25) is 0 Å². The van der Waals surface area contributed by atoms with Crippen molar-refractivity contribution in [2.75, 3.05) is 33.2 Å². The van der Waals surface area contributed by atoms with E-state index in [4.69, 9.17) is 0 Å². The molecular weight excluding hydrogens is 232 g/mol. The van der Waals surface area contributed by atoms with E-state index in [0.717, 1.165) is 0 Å². The third kappa shape index (κ3) is 6.27. The molecule has 0 aromatic rings. The molecular formula is C17H36N2. The predicted molar refractivity (Wildman–Crippen MR) is 85.7 cm³/mol. The van der Waals surface area contributed by atoms with Gasteiger partial charge in [-0.1, -0.05) is 46.0 Å². The molecule has 2 heteroatoms. The Morgan fingerprint density at radius 2 is 1.53 bits per heavy atom. The largest absolute Gasteiger partial charge is 0.319 e. The summed E-state index contributed by atoms with van der Waals surface area (Å²) >= 11 is 0.